The van der Waals surface area contributed by atoms with Crippen molar-refractivity contribution in [1.82, 2.24) is 10.2 Å². The van der Waals surface area contributed by atoms with Crippen molar-refractivity contribution in [3.05, 3.63) is 17.3 Å². The molecule has 1 rings (SSSR count). The first-order valence-electron chi connectivity index (χ1n) is 3.63. The lowest BCUT2D eigenvalue weighted by molar-refractivity contribution is -0.107. The summed E-state index contributed by atoms with van der Waals surface area (Å²) in [4.78, 5) is 9.99. The van der Waals surface area contributed by atoms with Crippen molar-refractivity contribution in [1.29, 1.82) is 5.26 Å². The predicted molar refractivity (Wildman–Crippen MR) is 47.4 cm³/mol. The Morgan fingerprint density at radius 1 is 1.69 bits per heavy atom. The molecule has 0 fully saturated rings. The molecule has 0 saturated heterocycles. The quantitative estimate of drug-likeness (QED) is 0.654. The Kier molecular flexibility index (Phi) is 2.82. The molecular weight excluding hydrogens is 168 g/mol. The molecule has 13 heavy (non-hydrogen) atoms. The molecule has 0 saturated carbocycles. The minimum absolute atomic E-state index is 0.174. The summed E-state index contributed by atoms with van der Waals surface area (Å²) in [5.41, 5.74) is 6.22. The van der Waals surface area contributed by atoms with E-state index in [4.69, 9.17) is 11.0 Å². The lowest BCUT2D eigenvalue weighted by atomic mass is 10.2. The van der Waals surface area contributed by atoms with Crippen molar-refractivity contribution in [3.63, 3.8) is 0 Å². The van der Waals surface area contributed by atoms with Crippen molar-refractivity contribution in [2.45, 2.75) is 6.42 Å². The van der Waals surface area contributed by atoms with Crippen LogP contribution >= 0.6 is 0 Å². The van der Waals surface area contributed by atoms with Crippen LogP contribution in [-0.4, -0.2) is 16.5 Å². The van der Waals surface area contributed by atoms with E-state index < -0.39 is 0 Å². The van der Waals surface area contributed by atoms with E-state index in [0.29, 0.717) is 17.7 Å². The first kappa shape index (κ1) is 9.00. The molecule has 66 valence electrons. The minimum atomic E-state index is 0.174. The SMILES string of the molecule is N#Cc1c(N)n[nH]c1C=CCC=O. The van der Waals surface area contributed by atoms with Gasteiger partial charge in [-0.2, -0.15) is 10.4 Å². The molecule has 0 amide bonds. The van der Waals surface area contributed by atoms with Crippen LogP contribution in [0.4, 0.5) is 5.82 Å². The van der Waals surface area contributed by atoms with Crippen LogP contribution in [-0.2, 0) is 4.79 Å². The van der Waals surface area contributed by atoms with Gasteiger partial charge in [-0.05, 0) is 6.08 Å². The zero-order valence-electron chi connectivity index (χ0n) is 6.82. The van der Waals surface area contributed by atoms with Crippen LogP contribution in [0.25, 0.3) is 6.08 Å². The second kappa shape index (κ2) is 4.07. The van der Waals surface area contributed by atoms with Crippen LogP contribution in [0.1, 0.15) is 17.7 Å². The van der Waals surface area contributed by atoms with Crippen LogP contribution in [0, 0.1) is 11.3 Å². The molecule has 0 aliphatic rings. The highest BCUT2D eigenvalue weighted by Crippen LogP contribution is 2.12. The molecule has 0 aliphatic heterocycles. The summed E-state index contributed by atoms with van der Waals surface area (Å²) < 4.78 is 0. The second-order valence-corrected chi connectivity index (χ2v) is 2.31. The lowest BCUT2D eigenvalue weighted by Gasteiger charge is -1.85. The van der Waals surface area contributed by atoms with Crippen LogP contribution in [0.15, 0.2) is 6.08 Å². The fourth-order valence-corrected chi connectivity index (χ4v) is 0.850. The average molecular weight is 176 g/mol. The van der Waals surface area contributed by atoms with E-state index in [1.54, 1.807) is 12.2 Å². The highest BCUT2D eigenvalue weighted by atomic mass is 16.1. The van der Waals surface area contributed by atoms with Crippen molar-refractivity contribution >= 4 is 18.2 Å². The normalized spacial score (nSPS) is 10.1. The molecule has 0 aliphatic carbocycles. The zero-order chi connectivity index (χ0) is 9.68. The topological polar surface area (TPSA) is 95.6 Å². The molecule has 1 heterocycles. The average Bonchev–Trinajstić information content (AvgIpc) is 2.47. The van der Waals surface area contributed by atoms with Crippen LogP contribution in [0.2, 0.25) is 0 Å². The molecule has 5 heteroatoms. The van der Waals surface area contributed by atoms with Crippen molar-refractivity contribution in [2.24, 2.45) is 0 Å². The fraction of sp³-hybridized carbons (Fsp3) is 0.125. The number of nitriles is 1. The number of aldehydes is 1. The molecule has 1 aromatic heterocycles. The lowest BCUT2D eigenvalue weighted by Crippen LogP contribution is -1.87. The molecule has 0 spiro atoms. The van der Waals surface area contributed by atoms with Crippen LogP contribution in [0.3, 0.4) is 0 Å². The Bertz CT molecular complexity index is 372. The van der Waals surface area contributed by atoms with Gasteiger partial charge in [-0.15, -0.1) is 0 Å². The van der Waals surface area contributed by atoms with Gasteiger partial charge in [0.2, 0.25) is 0 Å². The molecule has 1 aromatic rings. The van der Waals surface area contributed by atoms with Crippen molar-refractivity contribution in [3.8, 4) is 6.07 Å². The van der Waals surface area contributed by atoms with E-state index in [2.05, 4.69) is 10.2 Å². The molecule has 3 N–H and O–H groups in total. The number of carbonyl (C=O) groups excluding carboxylic acids is 1. The molecular formula is C8H8N4O. The van der Waals surface area contributed by atoms with E-state index in [-0.39, 0.29) is 5.82 Å². The second-order valence-electron chi connectivity index (χ2n) is 2.31. The Morgan fingerprint density at radius 2 is 2.46 bits per heavy atom. The molecule has 0 radical (unpaired) electrons. The molecule has 5 nitrogen and oxygen atoms in total. The zero-order valence-corrected chi connectivity index (χ0v) is 6.82. The monoisotopic (exact) mass is 176 g/mol. The number of carbonyl (C=O) groups is 1. The molecule has 0 atom stereocenters. The van der Waals surface area contributed by atoms with Gasteiger partial charge in [0.15, 0.2) is 5.82 Å². The summed E-state index contributed by atoms with van der Waals surface area (Å²) in [5.74, 6) is 0.174. The summed E-state index contributed by atoms with van der Waals surface area (Å²) in [6.45, 7) is 0. The number of allylic oxidation sites excluding steroid dienone is 1. The van der Waals surface area contributed by atoms with E-state index in [1.165, 1.54) is 0 Å². The van der Waals surface area contributed by atoms with Gasteiger partial charge in [0, 0.05) is 6.42 Å². The number of aromatic nitrogens is 2. The van der Waals surface area contributed by atoms with Crippen molar-refractivity contribution < 1.29 is 4.79 Å². The van der Waals surface area contributed by atoms with E-state index in [9.17, 15) is 4.79 Å². The number of nitrogens with zero attached hydrogens (tertiary/aromatic N) is 2. The number of hydrogen-bond donors (Lipinski definition) is 2. The van der Waals surface area contributed by atoms with Crippen molar-refractivity contribution in [2.75, 3.05) is 5.73 Å². The van der Waals surface area contributed by atoms with Gasteiger partial charge < -0.3 is 10.5 Å². The number of rotatable bonds is 3. The van der Waals surface area contributed by atoms with Gasteiger partial charge in [-0.3, -0.25) is 5.10 Å². The minimum Gasteiger partial charge on any atom is -0.381 e. The first-order valence-corrected chi connectivity index (χ1v) is 3.63. The predicted octanol–water partition coefficient (Wildman–Crippen LogP) is 0.466. The summed E-state index contributed by atoms with van der Waals surface area (Å²) in [7, 11) is 0. The van der Waals surface area contributed by atoms with E-state index >= 15 is 0 Å². The maximum atomic E-state index is 9.99. The third-order valence-electron chi connectivity index (χ3n) is 1.45. The summed E-state index contributed by atoms with van der Waals surface area (Å²) in [6.07, 6.45) is 4.31. The van der Waals surface area contributed by atoms with Gasteiger partial charge >= 0.3 is 0 Å². The summed E-state index contributed by atoms with van der Waals surface area (Å²) >= 11 is 0. The number of H-pyrrole nitrogens is 1. The van der Waals surface area contributed by atoms with E-state index in [1.807, 2.05) is 6.07 Å². The van der Waals surface area contributed by atoms with Gasteiger partial charge in [-0.1, -0.05) is 6.08 Å². The Morgan fingerprint density at radius 3 is 3.08 bits per heavy atom. The Balaban J connectivity index is 2.89. The third-order valence-corrected chi connectivity index (χ3v) is 1.45. The smallest absolute Gasteiger partial charge is 0.163 e. The standard InChI is InChI=1S/C8H8N4O/c9-5-6-7(3-1-2-4-13)11-12-8(6)10/h1,3-4H,2H2,(H3,10,11,12). The van der Waals surface area contributed by atoms with Crippen LogP contribution in [0.5, 0.6) is 0 Å². The molecule has 0 aromatic carbocycles. The third kappa shape index (κ3) is 1.93. The number of nitrogens with one attached hydrogen (secondary N) is 1. The summed E-state index contributed by atoms with van der Waals surface area (Å²) in [5, 5.41) is 14.9. The van der Waals surface area contributed by atoms with Gasteiger partial charge in [0.1, 0.15) is 17.9 Å². The maximum absolute atomic E-state index is 9.99. The largest absolute Gasteiger partial charge is 0.381 e. The first-order chi connectivity index (χ1) is 6.29. The summed E-state index contributed by atoms with van der Waals surface area (Å²) in [6, 6.07) is 1.91. The number of hydrogen-bond acceptors (Lipinski definition) is 4. The highest BCUT2D eigenvalue weighted by Gasteiger charge is 2.05. The fourth-order valence-electron chi connectivity index (χ4n) is 0.850. The number of nitrogen functional groups attached to an aromatic ring is 1. The number of nitrogens with two attached hydrogens (primary N) is 1. The highest BCUT2D eigenvalue weighted by molar-refractivity contribution is 5.64. The molecule has 0 bridgehead atoms. The van der Waals surface area contributed by atoms with Gasteiger partial charge in [0.25, 0.3) is 0 Å². The van der Waals surface area contributed by atoms with Gasteiger partial charge in [0.05, 0.1) is 5.69 Å². The van der Waals surface area contributed by atoms with Crippen LogP contribution < -0.4 is 5.73 Å². The number of anilines is 1. The molecule has 0 unspecified atom stereocenters. The maximum Gasteiger partial charge on any atom is 0.163 e. The number of aromatic amines is 1. The van der Waals surface area contributed by atoms with E-state index in [0.717, 1.165) is 6.29 Å². The Hall–Kier alpha value is -2.09. The van der Waals surface area contributed by atoms with Gasteiger partial charge in [-0.25, -0.2) is 0 Å². The Labute approximate surface area is 74.9 Å².